The minimum Gasteiger partial charge on any atom is -0.456 e. The highest BCUT2D eigenvalue weighted by Gasteiger charge is 2.39. The molecule has 0 bridgehead atoms. The van der Waals surface area contributed by atoms with E-state index in [1.54, 1.807) is 6.92 Å². The van der Waals surface area contributed by atoms with E-state index in [1.807, 2.05) is 42.5 Å². The SMILES string of the molecule is CC(=O)c1c(CC(O[Si](C)(C)C(C)(C)C)c2ccccc2)ccc2oc3ccccc3c12. The molecule has 0 fully saturated rings. The molecule has 1 atom stereocenters. The molecule has 3 nitrogen and oxygen atoms in total. The molecule has 4 heteroatoms. The van der Waals surface area contributed by atoms with E-state index in [0.29, 0.717) is 6.42 Å². The highest BCUT2D eigenvalue weighted by Crippen LogP contribution is 2.41. The standard InChI is InChI=1S/C28H32O3Si/c1-19(29)26-21(16-17-24-27(26)22-14-10-11-15-23(22)30-24)18-25(20-12-8-7-9-13-20)31-32(5,6)28(2,3)4/h7-17,25H,18H2,1-6H3. The smallest absolute Gasteiger partial charge is 0.192 e. The number of carbonyl (C=O) groups excluding carboxylic acids is 1. The van der Waals surface area contributed by atoms with E-state index in [9.17, 15) is 4.79 Å². The summed E-state index contributed by atoms with van der Waals surface area (Å²) in [5.41, 5.74) is 4.45. The van der Waals surface area contributed by atoms with E-state index in [1.165, 1.54) is 0 Å². The topological polar surface area (TPSA) is 39.4 Å². The van der Waals surface area contributed by atoms with Gasteiger partial charge < -0.3 is 8.84 Å². The van der Waals surface area contributed by atoms with Crippen LogP contribution >= 0.6 is 0 Å². The van der Waals surface area contributed by atoms with Gasteiger partial charge in [0.2, 0.25) is 0 Å². The van der Waals surface area contributed by atoms with Crippen LogP contribution in [0, 0.1) is 0 Å². The third kappa shape index (κ3) is 4.17. The third-order valence-corrected chi connectivity index (χ3v) is 11.3. The van der Waals surface area contributed by atoms with E-state index in [-0.39, 0.29) is 16.9 Å². The van der Waals surface area contributed by atoms with Crippen molar-refractivity contribution in [2.45, 2.75) is 58.4 Å². The zero-order valence-electron chi connectivity index (χ0n) is 19.9. The van der Waals surface area contributed by atoms with Crippen molar-refractivity contribution in [3.63, 3.8) is 0 Å². The molecular formula is C28H32O3Si. The monoisotopic (exact) mass is 444 g/mol. The lowest BCUT2D eigenvalue weighted by Crippen LogP contribution is -2.42. The number of rotatable bonds is 6. The molecule has 0 spiro atoms. The lowest BCUT2D eigenvalue weighted by Gasteiger charge is -2.39. The first-order valence-electron chi connectivity index (χ1n) is 11.3. The average molecular weight is 445 g/mol. The van der Waals surface area contributed by atoms with E-state index in [0.717, 1.165) is 38.6 Å². The highest BCUT2D eigenvalue weighted by molar-refractivity contribution is 6.74. The van der Waals surface area contributed by atoms with Gasteiger partial charge in [0.15, 0.2) is 14.1 Å². The molecule has 1 aromatic heterocycles. The molecule has 0 aliphatic carbocycles. The van der Waals surface area contributed by atoms with Crippen molar-refractivity contribution in [1.29, 1.82) is 0 Å². The van der Waals surface area contributed by atoms with Crippen LogP contribution in [-0.4, -0.2) is 14.1 Å². The van der Waals surface area contributed by atoms with Gasteiger partial charge >= 0.3 is 0 Å². The molecule has 0 N–H and O–H groups in total. The molecule has 0 aliphatic rings. The quantitative estimate of drug-likeness (QED) is 0.223. The number of carbonyl (C=O) groups is 1. The summed E-state index contributed by atoms with van der Waals surface area (Å²) in [6, 6.07) is 22.3. The van der Waals surface area contributed by atoms with Crippen molar-refractivity contribution in [3.8, 4) is 0 Å². The first-order chi connectivity index (χ1) is 15.1. The first-order valence-corrected chi connectivity index (χ1v) is 14.2. The Kier molecular flexibility index (Phi) is 5.86. The Hall–Kier alpha value is -2.69. The Morgan fingerprint density at radius 2 is 1.59 bits per heavy atom. The Bertz CT molecular complexity index is 1260. The summed E-state index contributed by atoms with van der Waals surface area (Å²) in [4.78, 5) is 12.9. The van der Waals surface area contributed by atoms with Crippen LogP contribution in [0.25, 0.3) is 21.9 Å². The van der Waals surface area contributed by atoms with Gasteiger partial charge in [0.05, 0.1) is 6.10 Å². The van der Waals surface area contributed by atoms with E-state index in [2.05, 4.69) is 58.1 Å². The van der Waals surface area contributed by atoms with Gasteiger partial charge in [0.1, 0.15) is 11.2 Å². The molecule has 0 radical (unpaired) electrons. The number of Topliss-reactive ketones (excluding diaryl/α,β-unsaturated/α-hetero) is 1. The van der Waals surface area contributed by atoms with Crippen LogP contribution in [-0.2, 0) is 10.8 Å². The summed E-state index contributed by atoms with van der Waals surface area (Å²) in [5, 5.41) is 1.98. The molecular weight excluding hydrogens is 412 g/mol. The van der Waals surface area contributed by atoms with Crippen molar-refractivity contribution in [2.75, 3.05) is 0 Å². The van der Waals surface area contributed by atoms with Gasteiger partial charge in [-0.2, -0.15) is 0 Å². The molecule has 4 rings (SSSR count). The molecule has 3 aromatic carbocycles. The zero-order valence-corrected chi connectivity index (χ0v) is 20.9. The Morgan fingerprint density at radius 1 is 0.938 bits per heavy atom. The number of hydrogen-bond donors (Lipinski definition) is 0. The zero-order chi connectivity index (χ0) is 23.1. The van der Waals surface area contributed by atoms with Crippen molar-refractivity contribution in [3.05, 3.63) is 83.4 Å². The summed E-state index contributed by atoms with van der Waals surface area (Å²) in [6.45, 7) is 13.0. The second kappa shape index (κ2) is 8.34. The van der Waals surface area contributed by atoms with Crippen molar-refractivity contribution in [1.82, 2.24) is 0 Å². The van der Waals surface area contributed by atoms with Gasteiger partial charge in [-0.05, 0) is 48.3 Å². The Balaban J connectivity index is 1.85. The number of para-hydroxylation sites is 1. The fourth-order valence-corrected chi connectivity index (χ4v) is 5.34. The molecule has 166 valence electrons. The lowest BCUT2D eigenvalue weighted by atomic mass is 9.92. The summed E-state index contributed by atoms with van der Waals surface area (Å²) in [7, 11) is -2.04. The van der Waals surface area contributed by atoms with Crippen LogP contribution < -0.4 is 0 Å². The summed E-state index contributed by atoms with van der Waals surface area (Å²) >= 11 is 0. The van der Waals surface area contributed by atoms with Crippen molar-refractivity contribution < 1.29 is 13.6 Å². The van der Waals surface area contributed by atoms with Crippen molar-refractivity contribution in [2.24, 2.45) is 0 Å². The molecule has 0 saturated carbocycles. The second-order valence-corrected chi connectivity index (χ2v) is 14.9. The fourth-order valence-electron chi connectivity index (χ4n) is 4.06. The van der Waals surface area contributed by atoms with E-state index >= 15 is 0 Å². The van der Waals surface area contributed by atoms with Crippen LogP contribution in [0.5, 0.6) is 0 Å². The molecule has 0 saturated heterocycles. The number of benzene rings is 3. The minimum atomic E-state index is -2.04. The van der Waals surface area contributed by atoms with Crippen LogP contribution in [0.2, 0.25) is 18.1 Å². The lowest BCUT2D eigenvalue weighted by molar-refractivity contribution is 0.101. The van der Waals surface area contributed by atoms with Crippen LogP contribution in [0.1, 0.15) is 55.3 Å². The Labute approximate surface area is 191 Å². The molecule has 4 aromatic rings. The fraction of sp³-hybridized carbons (Fsp3) is 0.321. The molecule has 32 heavy (non-hydrogen) atoms. The molecule has 1 unspecified atom stereocenters. The number of hydrogen-bond acceptors (Lipinski definition) is 3. The predicted octanol–water partition coefficient (Wildman–Crippen LogP) is 8.09. The molecule has 1 heterocycles. The molecule has 0 amide bonds. The number of furan rings is 1. The first kappa shape index (κ1) is 22.5. The maximum atomic E-state index is 12.9. The van der Waals surface area contributed by atoms with Gasteiger partial charge in [0, 0.05) is 22.8 Å². The van der Waals surface area contributed by atoms with Gasteiger partial charge in [-0.1, -0.05) is 75.4 Å². The maximum absolute atomic E-state index is 12.9. The van der Waals surface area contributed by atoms with Crippen LogP contribution in [0.4, 0.5) is 0 Å². The highest BCUT2D eigenvalue weighted by atomic mass is 28.4. The largest absolute Gasteiger partial charge is 0.456 e. The van der Waals surface area contributed by atoms with Gasteiger partial charge in [-0.3, -0.25) is 4.79 Å². The maximum Gasteiger partial charge on any atom is 0.192 e. The van der Waals surface area contributed by atoms with Gasteiger partial charge in [-0.15, -0.1) is 0 Å². The normalized spacial score (nSPS) is 13.6. The number of ketones is 1. The predicted molar refractivity (Wildman–Crippen MR) is 135 cm³/mol. The second-order valence-electron chi connectivity index (χ2n) is 10.1. The van der Waals surface area contributed by atoms with Gasteiger partial charge in [0.25, 0.3) is 0 Å². The Morgan fingerprint density at radius 3 is 2.25 bits per heavy atom. The number of fused-ring (bicyclic) bond motifs is 3. The minimum absolute atomic E-state index is 0.0521. The van der Waals surface area contributed by atoms with E-state index in [4.69, 9.17) is 8.84 Å². The van der Waals surface area contributed by atoms with Crippen LogP contribution in [0.15, 0.2) is 71.1 Å². The van der Waals surface area contributed by atoms with Gasteiger partial charge in [-0.25, -0.2) is 0 Å². The van der Waals surface area contributed by atoms with Crippen molar-refractivity contribution >= 4 is 36.0 Å². The van der Waals surface area contributed by atoms with E-state index < -0.39 is 8.32 Å². The third-order valence-electron chi connectivity index (χ3n) is 6.80. The summed E-state index contributed by atoms with van der Waals surface area (Å²) in [5.74, 6) is 0.0521. The van der Waals surface area contributed by atoms with Crippen LogP contribution in [0.3, 0.4) is 0 Å². The summed E-state index contributed by atoms with van der Waals surface area (Å²) < 4.78 is 12.9. The summed E-state index contributed by atoms with van der Waals surface area (Å²) in [6.07, 6.45) is 0.520. The molecule has 0 aliphatic heterocycles. The average Bonchev–Trinajstić information content (AvgIpc) is 3.11.